The zero-order valence-electron chi connectivity index (χ0n) is 13.9. The van der Waals surface area contributed by atoms with Crippen molar-refractivity contribution in [1.82, 2.24) is 9.99 Å². The first kappa shape index (κ1) is 15.4. The van der Waals surface area contributed by atoms with Gasteiger partial charge in [-0.1, -0.05) is 48.0 Å². The number of ether oxygens (including phenoxy) is 1. The van der Waals surface area contributed by atoms with Gasteiger partial charge in [-0.15, -0.1) is 0 Å². The van der Waals surface area contributed by atoms with Crippen molar-refractivity contribution in [2.24, 2.45) is 5.10 Å². The first-order chi connectivity index (χ1) is 12.8. The third kappa shape index (κ3) is 2.54. The average Bonchev–Trinajstić information content (AvgIpc) is 3.15. The lowest BCUT2D eigenvalue weighted by Crippen LogP contribution is -2.33. The highest BCUT2D eigenvalue weighted by Gasteiger charge is 2.41. The van der Waals surface area contributed by atoms with Gasteiger partial charge in [0.05, 0.1) is 11.8 Å². The zero-order chi connectivity index (χ0) is 17.5. The van der Waals surface area contributed by atoms with Gasteiger partial charge < -0.3 is 4.74 Å². The highest BCUT2D eigenvalue weighted by Crippen LogP contribution is 2.47. The lowest BCUT2D eigenvalue weighted by molar-refractivity contribution is -0.0192. The van der Waals surface area contributed by atoms with Crippen LogP contribution in [0.15, 0.2) is 78.2 Å². The third-order valence-corrected chi connectivity index (χ3v) is 5.06. The topological polar surface area (TPSA) is 37.7 Å². The fraction of sp³-hybridized carbons (Fsp3) is 0.143. The van der Waals surface area contributed by atoms with E-state index in [4.69, 9.17) is 21.4 Å². The molecule has 0 saturated carbocycles. The van der Waals surface area contributed by atoms with Gasteiger partial charge in [-0.25, -0.2) is 5.01 Å². The molecule has 2 aliphatic rings. The Labute approximate surface area is 156 Å². The summed E-state index contributed by atoms with van der Waals surface area (Å²) < 4.78 is 6.29. The van der Waals surface area contributed by atoms with Gasteiger partial charge in [0.1, 0.15) is 5.75 Å². The van der Waals surface area contributed by atoms with Crippen LogP contribution in [-0.4, -0.2) is 15.7 Å². The molecular weight excluding hydrogens is 346 g/mol. The molecule has 5 heteroatoms. The molecule has 1 aromatic heterocycles. The molecule has 2 atom stereocenters. The SMILES string of the molecule is Clc1ccc2c(c1)[C@@H]1CC(c3ccccc3)=NN1[C@H](c1cccnc1)O2. The van der Waals surface area contributed by atoms with E-state index in [-0.39, 0.29) is 12.3 Å². The summed E-state index contributed by atoms with van der Waals surface area (Å²) in [5.74, 6) is 0.856. The summed E-state index contributed by atoms with van der Waals surface area (Å²) in [6, 6.07) is 20.1. The molecule has 2 aromatic carbocycles. The number of rotatable bonds is 2. The second kappa shape index (κ2) is 6.15. The van der Waals surface area contributed by atoms with Crippen LogP contribution in [0.25, 0.3) is 0 Å². The summed E-state index contributed by atoms with van der Waals surface area (Å²) in [5.41, 5.74) is 4.25. The van der Waals surface area contributed by atoms with E-state index in [0.717, 1.165) is 34.6 Å². The van der Waals surface area contributed by atoms with E-state index in [9.17, 15) is 0 Å². The lowest BCUT2D eigenvalue weighted by atomic mass is 9.96. The number of halogens is 1. The van der Waals surface area contributed by atoms with Crippen molar-refractivity contribution in [1.29, 1.82) is 0 Å². The average molecular weight is 362 g/mol. The number of fused-ring (bicyclic) bond motifs is 3. The van der Waals surface area contributed by atoms with Gasteiger partial charge in [0, 0.05) is 35.0 Å². The molecule has 0 radical (unpaired) electrons. The predicted octanol–water partition coefficient (Wildman–Crippen LogP) is 4.98. The molecule has 0 fully saturated rings. The maximum Gasteiger partial charge on any atom is 0.215 e. The van der Waals surface area contributed by atoms with Crippen LogP contribution < -0.4 is 4.74 Å². The third-order valence-electron chi connectivity index (χ3n) is 4.83. The van der Waals surface area contributed by atoms with Crippen molar-refractivity contribution < 1.29 is 4.74 Å². The molecule has 2 aliphatic heterocycles. The highest BCUT2D eigenvalue weighted by molar-refractivity contribution is 6.30. The number of aromatic nitrogens is 1. The van der Waals surface area contributed by atoms with Crippen molar-refractivity contribution >= 4 is 17.3 Å². The molecule has 3 heterocycles. The van der Waals surface area contributed by atoms with Crippen LogP contribution in [0, 0.1) is 0 Å². The van der Waals surface area contributed by atoms with Crippen molar-refractivity contribution in [2.45, 2.75) is 18.7 Å². The first-order valence-electron chi connectivity index (χ1n) is 8.57. The van der Waals surface area contributed by atoms with E-state index in [1.807, 2.05) is 59.7 Å². The first-order valence-corrected chi connectivity index (χ1v) is 8.95. The summed E-state index contributed by atoms with van der Waals surface area (Å²) in [6.45, 7) is 0. The molecule has 128 valence electrons. The molecule has 5 rings (SSSR count). The molecule has 0 saturated heterocycles. The summed E-state index contributed by atoms with van der Waals surface area (Å²) in [7, 11) is 0. The monoisotopic (exact) mass is 361 g/mol. The minimum absolute atomic E-state index is 0.0952. The van der Waals surface area contributed by atoms with Gasteiger partial charge in [-0.05, 0) is 29.8 Å². The van der Waals surface area contributed by atoms with E-state index in [1.54, 1.807) is 6.20 Å². The van der Waals surface area contributed by atoms with E-state index >= 15 is 0 Å². The standard InChI is InChI=1S/C21H16ClN3O/c22-16-8-9-20-17(11-16)19-12-18(14-5-2-1-3-6-14)24-25(19)21(26-20)15-7-4-10-23-13-15/h1-11,13,19,21H,12H2/t19-,21-/m0/s1. The number of nitrogens with zero attached hydrogens (tertiary/aromatic N) is 3. The zero-order valence-corrected chi connectivity index (χ0v) is 14.7. The van der Waals surface area contributed by atoms with E-state index in [0.29, 0.717) is 5.02 Å². The van der Waals surface area contributed by atoms with Crippen molar-refractivity contribution in [3.05, 3.63) is 94.8 Å². The van der Waals surface area contributed by atoms with E-state index in [1.165, 1.54) is 0 Å². The Bertz CT molecular complexity index is 975. The number of hydrogen-bond acceptors (Lipinski definition) is 4. The number of hydrogen-bond donors (Lipinski definition) is 0. The predicted molar refractivity (Wildman–Crippen MR) is 101 cm³/mol. The van der Waals surface area contributed by atoms with Crippen LogP contribution in [0.3, 0.4) is 0 Å². The van der Waals surface area contributed by atoms with Crippen molar-refractivity contribution in [3.8, 4) is 5.75 Å². The molecule has 0 aliphatic carbocycles. The Balaban J connectivity index is 1.62. The van der Waals surface area contributed by atoms with Crippen molar-refractivity contribution in [2.75, 3.05) is 0 Å². The van der Waals surface area contributed by atoms with E-state index < -0.39 is 0 Å². The minimum atomic E-state index is -0.302. The Morgan fingerprint density at radius 3 is 2.73 bits per heavy atom. The smallest absolute Gasteiger partial charge is 0.215 e. The van der Waals surface area contributed by atoms with Crippen LogP contribution in [0.5, 0.6) is 5.75 Å². The lowest BCUT2D eigenvalue weighted by Gasteiger charge is -2.38. The van der Waals surface area contributed by atoms with Gasteiger partial charge in [-0.3, -0.25) is 4.98 Å². The maximum absolute atomic E-state index is 6.29. The van der Waals surface area contributed by atoms with E-state index in [2.05, 4.69) is 17.1 Å². The number of hydrazone groups is 1. The molecule has 0 amide bonds. The van der Waals surface area contributed by atoms with Crippen LogP contribution >= 0.6 is 11.6 Å². The molecule has 4 nitrogen and oxygen atoms in total. The second-order valence-electron chi connectivity index (χ2n) is 6.45. The Morgan fingerprint density at radius 2 is 1.92 bits per heavy atom. The van der Waals surface area contributed by atoms with Gasteiger partial charge >= 0.3 is 0 Å². The largest absolute Gasteiger partial charge is 0.464 e. The molecule has 0 spiro atoms. The molecular formula is C21H16ClN3O. The molecule has 0 unspecified atom stereocenters. The molecule has 26 heavy (non-hydrogen) atoms. The quantitative estimate of drug-likeness (QED) is 0.646. The summed E-state index contributed by atoms with van der Waals surface area (Å²) >= 11 is 6.25. The molecule has 3 aromatic rings. The summed E-state index contributed by atoms with van der Waals surface area (Å²) in [4.78, 5) is 4.25. The van der Waals surface area contributed by atoms with Crippen molar-refractivity contribution in [3.63, 3.8) is 0 Å². The summed E-state index contributed by atoms with van der Waals surface area (Å²) in [6.07, 6.45) is 4.11. The Kier molecular flexibility index (Phi) is 3.64. The fourth-order valence-electron chi connectivity index (χ4n) is 3.61. The van der Waals surface area contributed by atoms with Gasteiger partial charge in [0.25, 0.3) is 0 Å². The van der Waals surface area contributed by atoms with Crippen LogP contribution in [0.4, 0.5) is 0 Å². The molecule has 0 bridgehead atoms. The minimum Gasteiger partial charge on any atom is -0.464 e. The highest BCUT2D eigenvalue weighted by atomic mass is 35.5. The van der Waals surface area contributed by atoms with Gasteiger partial charge in [-0.2, -0.15) is 5.10 Å². The normalized spacial score (nSPS) is 20.8. The second-order valence-corrected chi connectivity index (χ2v) is 6.89. The Morgan fingerprint density at radius 1 is 1.04 bits per heavy atom. The fourth-order valence-corrected chi connectivity index (χ4v) is 3.79. The Hall–Kier alpha value is -2.85. The summed E-state index contributed by atoms with van der Waals surface area (Å²) in [5, 5.41) is 7.67. The maximum atomic E-state index is 6.29. The van der Waals surface area contributed by atoms with Crippen LogP contribution in [0.1, 0.15) is 35.4 Å². The van der Waals surface area contributed by atoms with Crippen LogP contribution in [0.2, 0.25) is 5.02 Å². The number of benzene rings is 2. The van der Waals surface area contributed by atoms with Gasteiger partial charge in [0.2, 0.25) is 6.23 Å². The van der Waals surface area contributed by atoms with Gasteiger partial charge in [0.15, 0.2) is 0 Å². The molecule has 0 N–H and O–H groups in total. The van der Waals surface area contributed by atoms with Crippen LogP contribution in [-0.2, 0) is 0 Å². The number of pyridine rings is 1.